The lowest BCUT2D eigenvalue weighted by atomic mass is 10.2. The molecule has 3 rings (SSSR count). The Labute approximate surface area is 140 Å². The van der Waals surface area contributed by atoms with Crippen LogP contribution >= 0.6 is 0 Å². The number of nitrogens with zero attached hydrogens (tertiary/aromatic N) is 3. The number of benzene rings is 2. The van der Waals surface area contributed by atoms with Gasteiger partial charge in [0.05, 0.1) is 26.3 Å². The number of ether oxygens (including phenoxy) is 2. The number of hydrogen-bond donors (Lipinski definition) is 1. The third-order valence-corrected chi connectivity index (χ3v) is 3.73. The summed E-state index contributed by atoms with van der Waals surface area (Å²) in [5.74, 6) is 2.54. The van der Waals surface area contributed by atoms with Crippen molar-refractivity contribution >= 4 is 0 Å². The van der Waals surface area contributed by atoms with Gasteiger partial charge in [0.25, 0.3) is 0 Å². The molecule has 0 fully saturated rings. The Hall–Kier alpha value is -2.86. The molecule has 0 unspecified atom stereocenters. The molecule has 0 aliphatic rings. The van der Waals surface area contributed by atoms with Crippen molar-refractivity contribution in [1.82, 2.24) is 14.8 Å². The Morgan fingerprint density at radius 1 is 1.00 bits per heavy atom. The largest absolute Gasteiger partial charge is 0.497 e. The van der Waals surface area contributed by atoms with Crippen molar-refractivity contribution in [1.29, 1.82) is 0 Å². The summed E-state index contributed by atoms with van der Waals surface area (Å²) < 4.78 is 12.2. The number of hydrogen-bond acceptors (Lipinski definition) is 5. The summed E-state index contributed by atoms with van der Waals surface area (Å²) in [4.78, 5) is 4.43. The molecule has 0 saturated carbocycles. The Morgan fingerprint density at radius 2 is 1.75 bits per heavy atom. The van der Waals surface area contributed by atoms with E-state index in [1.807, 2.05) is 48.5 Å². The summed E-state index contributed by atoms with van der Waals surface area (Å²) in [6, 6.07) is 15.3. The minimum Gasteiger partial charge on any atom is -0.497 e. The van der Waals surface area contributed by atoms with Gasteiger partial charge in [-0.1, -0.05) is 24.3 Å². The highest BCUT2D eigenvalue weighted by Crippen LogP contribution is 2.27. The van der Waals surface area contributed by atoms with Gasteiger partial charge in [0.1, 0.15) is 18.1 Å². The van der Waals surface area contributed by atoms with Gasteiger partial charge in [-0.05, 0) is 29.8 Å². The SMILES string of the molecule is COc1ccc(Cn2nc(-c3ccccc3OC)nc2CO)cc1. The summed E-state index contributed by atoms with van der Waals surface area (Å²) in [5, 5.41) is 14.1. The van der Waals surface area contributed by atoms with E-state index in [2.05, 4.69) is 10.1 Å². The van der Waals surface area contributed by atoms with Crippen molar-refractivity contribution in [2.75, 3.05) is 14.2 Å². The van der Waals surface area contributed by atoms with E-state index < -0.39 is 0 Å². The topological polar surface area (TPSA) is 69.4 Å². The molecular weight excluding hydrogens is 306 g/mol. The minimum atomic E-state index is -0.182. The smallest absolute Gasteiger partial charge is 0.185 e. The highest BCUT2D eigenvalue weighted by atomic mass is 16.5. The van der Waals surface area contributed by atoms with Crippen molar-refractivity contribution in [3.05, 3.63) is 59.9 Å². The van der Waals surface area contributed by atoms with Crippen molar-refractivity contribution in [2.24, 2.45) is 0 Å². The van der Waals surface area contributed by atoms with Gasteiger partial charge in [0.2, 0.25) is 0 Å². The quantitative estimate of drug-likeness (QED) is 0.754. The second-order valence-corrected chi connectivity index (χ2v) is 5.22. The average Bonchev–Trinajstić information content (AvgIpc) is 3.05. The number of para-hydroxylation sites is 1. The van der Waals surface area contributed by atoms with E-state index in [4.69, 9.17) is 9.47 Å². The normalized spacial score (nSPS) is 10.6. The summed E-state index contributed by atoms with van der Waals surface area (Å²) in [6.45, 7) is 0.334. The zero-order valence-corrected chi connectivity index (χ0v) is 13.6. The predicted molar refractivity (Wildman–Crippen MR) is 90.0 cm³/mol. The van der Waals surface area contributed by atoms with Crippen LogP contribution in [0.1, 0.15) is 11.4 Å². The molecule has 124 valence electrons. The fraction of sp³-hybridized carbons (Fsp3) is 0.222. The van der Waals surface area contributed by atoms with Crippen LogP contribution in [0.2, 0.25) is 0 Å². The Balaban J connectivity index is 1.92. The summed E-state index contributed by atoms with van der Waals surface area (Å²) >= 11 is 0. The molecule has 0 aliphatic carbocycles. The highest BCUT2D eigenvalue weighted by molar-refractivity contribution is 5.63. The first-order chi connectivity index (χ1) is 11.7. The van der Waals surface area contributed by atoms with Crippen molar-refractivity contribution in [3.8, 4) is 22.9 Å². The van der Waals surface area contributed by atoms with Crippen LogP contribution in [0.4, 0.5) is 0 Å². The van der Waals surface area contributed by atoms with Gasteiger partial charge in [-0.15, -0.1) is 0 Å². The zero-order valence-electron chi connectivity index (χ0n) is 13.6. The van der Waals surface area contributed by atoms with Crippen LogP contribution in [0.25, 0.3) is 11.4 Å². The van der Waals surface area contributed by atoms with Crippen LogP contribution in [-0.4, -0.2) is 34.1 Å². The van der Waals surface area contributed by atoms with Crippen LogP contribution in [-0.2, 0) is 13.2 Å². The fourth-order valence-corrected chi connectivity index (χ4v) is 2.47. The molecule has 0 spiro atoms. The Kier molecular flexibility index (Phi) is 4.77. The zero-order chi connectivity index (χ0) is 16.9. The molecule has 2 aromatic carbocycles. The van der Waals surface area contributed by atoms with Crippen LogP contribution < -0.4 is 9.47 Å². The maximum atomic E-state index is 9.59. The summed E-state index contributed by atoms with van der Waals surface area (Å²) in [5.41, 5.74) is 1.84. The predicted octanol–water partition coefficient (Wildman–Crippen LogP) is 2.50. The molecule has 6 nitrogen and oxygen atoms in total. The van der Waals surface area contributed by atoms with Gasteiger partial charge in [0.15, 0.2) is 11.6 Å². The number of rotatable bonds is 6. The van der Waals surface area contributed by atoms with E-state index >= 15 is 0 Å². The number of aromatic nitrogens is 3. The first-order valence-corrected chi connectivity index (χ1v) is 7.56. The maximum Gasteiger partial charge on any atom is 0.185 e. The molecule has 0 amide bonds. The van der Waals surface area contributed by atoms with E-state index in [1.54, 1.807) is 18.9 Å². The number of methoxy groups -OCH3 is 2. The van der Waals surface area contributed by atoms with Gasteiger partial charge in [0, 0.05) is 0 Å². The third kappa shape index (κ3) is 3.23. The molecule has 1 aromatic heterocycles. The molecule has 0 radical (unpaired) electrons. The van der Waals surface area contributed by atoms with Crippen LogP contribution in [0.15, 0.2) is 48.5 Å². The Bertz CT molecular complexity index is 813. The van der Waals surface area contributed by atoms with Gasteiger partial charge < -0.3 is 14.6 Å². The van der Waals surface area contributed by atoms with E-state index in [0.29, 0.717) is 23.9 Å². The maximum absolute atomic E-state index is 9.59. The van der Waals surface area contributed by atoms with Crippen molar-refractivity contribution < 1.29 is 14.6 Å². The lowest BCUT2D eigenvalue weighted by molar-refractivity contribution is 0.264. The third-order valence-electron chi connectivity index (χ3n) is 3.73. The van der Waals surface area contributed by atoms with E-state index in [-0.39, 0.29) is 6.61 Å². The van der Waals surface area contributed by atoms with E-state index in [0.717, 1.165) is 16.9 Å². The van der Waals surface area contributed by atoms with E-state index in [1.165, 1.54) is 0 Å². The summed E-state index contributed by atoms with van der Waals surface area (Å²) in [6.07, 6.45) is 0. The van der Waals surface area contributed by atoms with Gasteiger partial charge >= 0.3 is 0 Å². The fourth-order valence-electron chi connectivity index (χ4n) is 2.47. The molecular formula is C18H19N3O3. The lowest BCUT2D eigenvalue weighted by Crippen LogP contribution is -2.07. The molecule has 0 saturated heterocycles. The molecule has 1 heterocycles. The average molecular weight is 325 g/mol. The molecule has 0 bridgehead atoms. The van der Waals surface area contributed by atoms with Crippen molar-refractivity contribution in [3.63, 3.8) is 0 Å². The first kappa shape index (κ1) is 16.0. The first-order valence-electron chi connectivity index (χ1n) is 7.56. The minimum absolute atomic E-state index is 0.182. The monoisotopic (exact) mass is 325 g/mol. The highest BCUT2D eigenvalue weighted by Gasteiger charge is 2.14. The molecule has 24 heavy (non-hydrogen) atoms. The molecule has 0 atom stereocenters. The standard InChI is InChI=1S/C18H19N3O3/c1-23-14-9-7-13(8-10-14)11-21-17(12-22)19-18(20-21)15-5-3-4-6-16(15)24-2/h3-10,22H,11-12H2,1-2H3. The molecule has 3 aromatic rings. The van der Waals surface area contributed by atoms with Crippen LogP contribution in [0.5, 0.6) is 11.5 Å². The van der Waals surface area contributed by atoms with Crippen LogP contribution in [0, 0.1) is 0 Å². The van der Waals surface area contributed by atoms with Crippen LogP contribution in [0.3, 0.4) is 0 Å². The molecule has 0 aliphatic heterocycles. The van der Waals surface area contributed by atoms with Crippen molar-refractivity contribution in [2.45, 2.75) is 13.2 Å². The summed E-state index contributed by atoms with van der Waals surface area (Å²) in [7, 11) is 3.25. The molecule has 1 N–H and O–H groups in total. The van der Waals surface area contributed by atoms with Gasteiger partial charge in [-0.25, -0.2) is 9.67 Å². The molecule has 6 heteroatoms. The number of aliphatic hydroxyl groups excluding tert-OH is 1. The number of aliphatic hydroxyl groups is 1. The lowest BCUT2D eigenvalue weighted by Gasteiger charge is -2.06. The van der Waals surface area contributed by atoms with Gasteiger partial charge in [-0.3, -0.25) is 0 Å². The second kappa shape index (κ2) is 7.14. The second-order valence-electron chi connectivity index (χ2n) is 5.22. The Morgan fingerprint density at radius 3 is 2.42 bits per heavy atom. The van der Waals surface area contributed by atoms with Gasteiger partial charge in [-0.2, -0.15) is 5.10 Å². The van der Waals surface area contributed by atoms with E-state index in [9.17, 15) is 5.11 Å².